The number of carbonyl (C=O) groups is 2. The predicted octanol–water partition coefficient (Wildman–Crippen LogP) is 3.97. The number of amides is 2. The third kappa shape index (κ3) is 3.16. The maximum absolute atomic E-state index is 13.1. The number of anilines is 1. The molecule has 4 rings (SSSR count). The first-order valence-electron chi connectivity index (χ1n) is 9.00. The zero-order valence-electron chi connectivity index (χ0n) is 15.6. The summed E-state index contributed by atoms with van der Waals surface area (Å²) >= 11 is 0. The fourth-order valence-electron chi connectivity index (χ4n) is 3.77. The van der Waals surface area contributed by atoms with E-state index >= 15 is 0 Å². The molecule has 2 aromatic carbocycles. The molecule has 0 bridgehead atoms. The van der Waals surface area contributed by atoms with Crippen LogP contribution in [-0.4, -0.2) is 16.8 Å². The highest BCUT2D eigenvalue weighted by molar-refractivity contribution is 6.07. The zero-order chi connectivity index (χ0) is 19.1. The van der Waals surface area contributed by atoms with E-state index in [0.717, 1.165) is 39.0 Å². The molecule has 5 nitrogen and oxygen atoms in total. The van der Waals surface area contributed by atoms with Gasteiger partial charge in [-0.2, -0.15) is 0 Å². The van der Waals surface area contributed by atoms with Crippen LogP contribution >= 0.6 is 0 Å². The summed E-state index contributed by atoms with van der Waals surface area (Å²) in [5, 5.41) is 6.75. The van der Waals surface area contributed by atoms with Crippen molar-refractivity contribution < 1.29 is 9.59 Å². The molecule has 2 N–H and O–H groups in total. The summed E-state index contributed by atoms with van der Waals surface area (Å²) in [5.74, 6) is -0.286. The number of para-hydroxylation sites is 1. The largest absolute Gasteiger partial charge is 0.345 e. The van der Waals surface area contributed by atoms with Gasteiger partial charge in [0.2, 0.25) is 5.91 Å². The number of nitrogens with one attached hydrogen (secondary N) is 2. The molecule has 1 aromatic heterocycles. The smallest absolute Gasteiger partial charge is 0.252 e. The molecule has 27 heavy (non-hydrogen) atoms. The molecule has 2 heterocycles. The van der Waals surface area contributed by atoms with Crippen molar-refractivity contribution in [1.82, 2.24) is 10.3 Å². The van der Waals surface area contributed by atoms with Gasteiger partial charge in [-0.3, -0.25) is 14.6 Å². The fraction of sp³-hybridized carbons (Fsp3) is 0.227. The van der Waals surface area contributed by atoms with Crippen LogP contribution in [0.3, 0.4) is 0 Å². The van der Waals surface area contributed by atoms with E-state index in [9.17, 15) is 9.59 Å². The number of rotatable bonds is 2. The second kappa shape index (κ2) is 6.50. The average Bonchev–Trinajstić information content (AvgIpc) is 2.61. The average molecular weight is 359 g/mol. The number of fused-ring (bicyclic) bond motifs is 2. The van der Waals surface area contributed by atoms with E-state index in [2.05, 4.69) is 21.7 Å². The lowest BCUT2D eigenvalue weighted by molar-refractivity contribution is -0.116. The monoisotopic (exact) mass is 359 g/mol. The van der Waals surface area contributed by atoms with Gasteiger partial charge < -0.3 is 10.6 Å². The molecule has 0 spiro atoms. The molecular weight excluding hydrogens is 338 g/mol. The highest BCUT2D eigenvalue weighted by Gasteiger charge is 2.27. The first-order chi connectivity index (χ1) is 12.9. The van der Waals surface area contributed by atoms with Gasteiger partial charge in [0.15, 0.2) is 0 Å². The predicted molar refractivity (Wildman–Crippen MR) is 106 cm³/mol. The molecule has 0 unspecified atom stereocenters. The van der Waals surface area contributed by atoms with Crippen LogP contribution in [0.15, 0.2) is 42.5 Å². The van der Waals surface area contributed by atoms with Crippen LogP contribution in [0.2, 0.25) is 0 Å². The van der Waals surface area contributed by atoms with E-state index in [-0.39, 0.29) is 24.3 Å². The van der Waals surface area contributed by atoms with Gasteiger partial charge in [-0.15, -0.1) is 0 Å². The van der Waals surface area contributed by atoms with Crippen molar-refractivity contribution in [1.29, 1.82) is 0 Å². The summed E-state index contributed by atoms with van der Waals surface area (Å²) in [7, 11) is 0. The standard InChI is InChI=1S/C22H21N3O2/c1-12-8-13(2)21-16(9-12)17(10-14(3)23-21)22(27)25-19-11-20(26)24-18-7-5-4-6-15(18)19/h4-10,19H,11H2,1-3H3,(H,24,26)(H,25,27)/t19-/m1/s1. The molecule has 1 aliphatic rings. The van der Waals surface area contributed by atoms with Crippen molar-refractivity contribution in [3.63, 3.8) is 0 Å². The van der Waals surface area contributed by atoms with Crippen molar-refractivity contribution in [3.8, 4) is 0 Å². The van der Waals surface area contributed by atoms with Gasteiger partial charge in [0.05, 0.1) is 23.5 Å². The van der Waals surface area contributed by atoms with E-state index in [0.29, 0.717) is 5.56 Å². The van der Waals surface area contributed by atoms with Gasteiger partial charge in [-0.25, -0.2) is 0 Å². The van der Waals surface area contributed by atoms with Crippen molar-refractivity contribution in [2.24, 2.45) is 0 Å². The van der Waals surface area contributed by atoms with Gasteiger partial charge in [-0.05, 0) is 50.1 Å². The SMILES string of the molecule is Cc1cc(C)c2nc(C)cc(C(=O)N[C@@H]3CC(=O)Nc4ccccc43)c2c1. The Morgan fingerprint density at radius 1 is 1.15 bits per heavy atom. The lowest BCUT2D eigenvalue weighted by Crippen LogP contribution is -2.35. The Morgan fingerprint density at radius 3 is 2.74 bits per heavy atom. The molecule has 5 heteroatoms. The number of hydrogen-bond donors (Lipinski definition) is 2. The molecule has 1 aliphatic heterocycles. The Bertz CT molecular complexity index is 1090. The van der Waals surface area contributed by atoms with Crippen LogP contribution < -0.4 is 10.6 Å². The van der Waals surface area contributed by atoms with Gasteiger partial charge >= 0.3 is 0 Å². The van der Waals surface area contributed by atoms with E-state index in [1.807, 2.05) is 57.2 Å². The summed E-state index contributed by atoms with van der Waals surface area (Å²) < 4.78 is 0. The Balaban J connectivity index is 1.75. The first kappa shape index (κ1) is 17.2. The maximum atomic E-state index is 13.1. The Morgan fingerprint density at radius 2 is 1.93 bits per heavy atom. The van der Waals surface area contributed by atoms with Crippen LogP contribution in [0.25, 0.3) is 10.9 Å². The first-order valence-corrected chi connectivity index (χ1v) is 9.00. The van der Waals surface area contributed by atoms with Gasteiger partial charge in [-0.1, -0.05) is 29.8 Å². The molecular formula is C22H21N3O2. The third-order valence-electron chi connectivity index (χ3n) is 4.93. The van der Waals surface area contributed by atoms with Crippen LogP contribution in [-0.2, 0) is 4.79 Å². The normalized spacial score (nSPS) is 16.0. The molecule has 2 amide bonds. The number of aryl methyl sites for hydroxylation is 3. The van der Waals surface area contributed by atoms with E-state index in [1.165, 1.54) is 0 Å². The molecule has 0 radical (unpaired) electrons. The second-order valence-electron chi connectivity index (χ2n) is 7.15. The Hall–Kier alpha value is -3.21. The molecule has 0 saturated heterocycles. The van der Waals surface area contributed by atoms with E-state index in [4.69, 9.17) is 0 Å². The molecule has 136 valence electrons. The van der Waals surface area contributed by atoms with Gasteiger partial charge in [0.1, 0.15) is 0 Å². The highest BCUT2D eigenvalue weighted by atomic mass is 16.2. The van der Waals surface area contributed by atoms with Gasteiger partial charge in [0, 0.05) is 16.8 Å². The van der Waals surface area contributed by atoms with Crippen molar-refractivity contribution >= 4 is 28.4 Å². The minimum atomic E-state index is -0.350. The fourth-order valence-corrected chi connectivity index (χ4v) is 3.77. The molecule has 0 fully saturated rings. The number of benzene rings is 2. The Kier molecular flexibility index (Phi) is 4.15. The number of carbonyl (C=O) groups excluding carboxylic acids is 2. The number of hydrogen-bond acceptors (Lipinski definition) is 3. The molecule has 3 aromatic rings. The number of pyridine rings is 1. The maximum Gasteiger partial charge on any atom is 0.252 e. The minimum absolute atomic E-state index is 0.0959. The summed E-state index contributed by atoms with van der Waals surface area (Å²) in [6.45, 7) is 5.90. The topological polar surface area (TPSA) is 71.1 Å². The van der Waals surface area contributed by atoms with E-state index < -0.39 is 0 Å². The zero-order valence-corrected chi connectivity index (χ0v) is 15.6. The van der Waals surface area contributed by atoms with E-state index in [1.54, 1.807) is 0 Å². The van der Waals surface area contributed by atoms with Crippen molar-refractivity contribution in [2.75, 3.05) is 5.32 Å². The second-order valence-corrected chi connectivity index (χ2v) is 7.15. The van der Waals surface area contributed by atoms with Crippen LogP contribution in [0.4, 0.5) is 5.69 Å². The summed E-state index contributed by atoms with van der Waals surface area (Å²) in [4.78, 5) is 29.8. The van der Waals surface area contributed by atoms with Crippen molar-refractivity contribution in [2.45, 2.75) is 33.2 Å². The molecule has 1 atom stereocenters. The van der Waals surface area contributed by atoms with Crippen LogP contribution in [0, 0.1) is 20.8 Å². The lowest BCUT2D eigenvalue weighted by Gasteiger charge is -2.26. The number of aromatic nitrogens is 1. The summed E-state index contributed by atoms with van der Waals surface area (Å²) in [5.41, 5.74) is 6.03. The third-order valence-corrected chi connectivity index (χ3v) is 4.93. The minimum Gasteiger partial charge on any atom is -0.345 e. The summed E-state index contributed by atoms with van der Waals surface area (Å²) in [6, 6.07) is 13.1. The molecule has 0 saturated carbocycles. The van der Waals surface area contributed by atoms with Crippen molar-refractivity contribution in [3.05, 3.63) is 70.4 Å². The van der Waals surface area contributed by atoms with Crippen LogP contribution in [0.5, 0.6) is 0 Å². The van der Waals surface area contributed by atoms with Gasteiger partial charge in [0.25, 0.3) is 5.91 Å². The summed E-state index contributed by atoms with van der Waals surface area (Å²) in [6.07, 6.45) is 0.225. The lowest BCUT2D eigenvalue weighted by atomic mass is 9.96. The number of nitrogens with zero attached hydrogens (tertiary/aromatic N) is 1. The molecule has 0 aliphatic carbocycles. The van der Waals surface area contributed by atoms with Crippen LogP contribution in [0.1, 0.15) is 45.2 Å². The highest BCUT2D eigenvalue weighted by Crippen LogP contribution is 2.31. The Labute approximate surface area is 157 Å². The quantitative estimate of drug-likeness (QED) is 0.727.